The number of carbonyl (C=O) groups is 1. The van der Waals surface area contributed by atoms with Gasteiger partial charge >= 0.3 is 0 Å². The van der Waals surface area contributed by atoms with E-state index in [1.54, 1.807) is 11.8 Å². The molecule has 1 aromatic rings. The summed E-state index contributed by atoms with van der Waals surface area (Å²) in [6.07, 6.45) is 3.18. The Hall–Kier alpha value is -0.790. The monoisotopic (exact) mass is 277 g/mol. The molecule has 17 heavy (non-hydrogen) atoms. The first-order chi connectivity index (χ1) is 7.99. The standard InChI is InChI=1S/C10H15NO4S2/c1-8(16-2)5-6-11-17(13,14)10-4-3-9(7-12)15-10/h3-4,7-8,11H,5-6H2,1-2H3. The van der Waals surface area contributed by atoms with Crippen LogP contribution in [0.5, 0.6) is 0 Å². The molecule has 0 saturated carbocycles. The molecule has 0 saturated heterocycles. The molecule has 0 spiro atoms. The van der Waals surface area contributed by atoms with Crippen LogP contribution in [0.2, 0.25) is 0 Å². The fourth-order valence-electron chi connectivity index (χ4n) is 1.13. The zero-order chi connectivity index (χ0) is 12.9. The third kappa shape index (κ3) is 4.18. The van der Waals surface area contributed by atoms with E-state index < -0.39 is 10.0 Å². The van der Waals surface area contributed by atoms with E-state index in [1.165, 1.54) is 12.1 Å². The third-order valence-electron chi connectivity index (χ3n) is 2.23. The molecule has 1 atom stereocenters. The van der Waals surface area contributed by atoms with Gasteiger partial charge in [0.1, 0.15) is 0 Å². The van der Waals surface area contributed by atoms with Gasteiger partial charge in [0.15, 0.2) is 12.0 Å². The molecular formula is C10H15NO4S2. The highest BCUT2D eigenvalue weighted by atomic mass is 32.2. The molecule has 0 fully saturated rings. The number of carbonyl (C=O) groups excluding carboxylic acids is 1. The molecular weight excluding hydrogens is 262 g/mol. The second-order valence-corrected chi connectivity index (χ2v) is 6.48. The minimum Gasteiger partial charge on any atom is -0.440 e. The Morgan fingerprint density at radius 2 is 2.24 bits per heavy atom. The topological polar surface area (TPSA) is 76.4 Å². The number of aldehydes is 1. The Bertz CT molecular complexity index is 466. The van der Waals surface area contributed by atoms with Crippen LogP contribution in [0.1, 0.15) is 23.9 Å². The molecule has 0 aliphatic rings. The van der Waals surface area contributed by atoms with Crippen molar-refractivity contribution >= 4 is 28.1 Å². The quantitative estimate of drug-likeness (QED) is 0.765. The van der Waals surface area contributed by atoms with Crippen LogP contribution in [0, 0.1) is 0 Å². The highest BCUT2D eigenvalue weighted by molar-refractivity contribution is 7.99. The average molecular weight is 277 g/mol. The summed E-state index contributed by atoms with van der Waals surface area (Å²) >= 11 is 1.67. The number of furan rings is 1. The lowest BCUT2D eigenvalue weighted by Crippen LogP contribution is -2.25. The van der Waals surface area contributed by atoms with Crippen molar-refractivity contribution in [2.75, 3.05) is 12.8 Å². The lowest BCUT2D eigenvalue weighted by Gasteiger charge is -2.08. The second kappa shape index (κ2) is 6.23. The summed E-state index contributed by atoms with van der Waals surface area (Å²) in [5, 5.41) is 0.163. The first kappa shape index (κ1) is 14.3. The van der Waals surface area contributed by atoms with Crippen molar-refractivity contribution in [3.05, 3.63) is 17.9 Å². The number of rotatable bonds is 7. The van der Waals surface area contributed by atoms with Crippen molar-refractivity contribution in [1.29, 1.82) is 0 Å². The van der Waals surface area contributed by atoms with Crippen molar-refractivity contribution in [2.45, 2.75) is 23.7 Å². The number of thioether (sulfide) groups is 1. The van der Waals surface area contributed by atoms with Crippen LogP contribution in [-0.4, -0.2) is 32.8 Å². The maximum Gasteiger partial charge on any atom is 0.273 e. The van der Waals surface area contributed by atoms with E-state index in [1.807, 2.05) is 13.2 Å². The lowest BCUT2D eigenvalue weighted by molar-refractivity contribution is 0.109. The van der Waals surface area contributed by atoms with E-state index in [4.69, 9.17) is 4.42 Å². The number of sulfonamides is 1. The Kier molecular flexibility index (Phi) is 5.23. The Morgan fingerprint density at radius 1 is 1.53 bits per heavy atom. The van der Waals surface area contributed by atoms with E-state index in [9.17, 15) is 13.2 Å². The van der Waals surface area contributed by atoms with Gasteiger partial charge in [-0.2, -0.15) is 11.8 Å². The molecule has 1 heterocycles. The summed E-state index contributed by atoms with van der Waals surface area (Å²) in [5.74, 6) is 0.00265. The van der Waals surface area contributed by atoms with Gasteiger partial charge in [-0.05, 0) is 24.8 Å². The Morgan fingerprint density at radius 3 is 2.76 bits per heavy atom. The second-order valence-electron chi connectivity index (χ2n) is 3.51. The maximum absolute atomic E-state index is 11.7. The van der Waals surface area contributed by atoms with Crippen molar-refractivity contribution < 1.29 is 17.6 Å². The summed E-state index contributed by atoms with van der Waals surface area (Å²) in [7, 11) is -3.64. The van der Waals surface area contributed by atoms with Gasteiger partial charge in [-0.3, -0.25) is 4.79 Å². The van der Waals surface area contributed by atoms with Crippen LogP contribution in [0.25, 0.3) is 0 Å². The predicted molar refractivity (Wildman–Crippen MR) is 66.9 cm³/mol. The lowest BCUT2D eigenvalue weighted by atomic mass is 10.3. The Labute approximate surface area is 105 Å². The molecule has 0 aromatic carbocycles. The van der Waals surface area contributed by atoms with Gasteiger partial charge < -0.3 is 4.42 Å². The van der Waals surface area contributed by atoms with Crippen molar-refractivity contribution in [3.63, 3.8) is 0 Å². The average Bonchev–Trinajstić information content (AvgIpc) is 2.77. The van der Waals surface area contributed by atoms with Crippen LogP contribution in [0.4, 0.5) is 0 Å². The van der Waals surface area contributed by atoms with Gasteiger partial charge in [-0.15, -0.1) is 0 Å². The fraction of sp³-hybridized carbons (Fsp3) is 0.500. The van der Waals surface area contributed by atoms with Gasteiger partial charge in [-0.1, -0.05) is 6.92 Å². The summed E-state index contributed by atoms with van der Waals surface area (Å²) < 4.78 is 30.7. The summed E-state index contributed by atoms with van der Waals surface area (Å²) in [4.78, 5) is 10.4. The summed E-state index contributed by atoms with van der Waals surface area (Å²) in [6.45, 7) is 2.37. The maximum atomic E-state index is 11.7. The molecule has 0 amide bonds. The predicted octanol–water partition coefficient (Wildman–Crippen LogP) is 1.51. The first-order valence-electron chi connectivity index (χ1n) is 5.07. The molecule has 7 heteroatoms. The fourth-order valence-corrected chi connectivity index (χ4v) is 2.46. The van der Waals surface area contributed by atoms with Crippen molar-refractivity contribution in [2.24, 2.45) is 0 Å². The summed E-state index contributed by atoms with van der Waals surface area (Å²) in [6, 6.07) is 2.59. The van der Waals surface area contributed by atoms with Crippen LogP contribution in [-0.2, 0) is 10.0 Å². The number of hydrogen-bond acceptors (Lipinski definition) is 5. The van der Waals surface area contributed by atoms with E-state index >= 15 is 0 Å². The first-order valence-corrected chi connectivity index (χ1v) is 7.84. The van der Waals surface area contributed by atoms with Crippen LogP contribution in [0.15, 0.2) is 21.6 Å². The zero-order valence-corrected chi connectivity index (χ0v) is 11.3. The number of hydrogen-bond donors (Lipinski definition) is 1. The molecule has 0 aliphatic heterocycles. The van der Waals surface area contributed by atoms with Gasteiger partial charge in [-0.25, -0.2) is 13.1 Å². The molecule has 0 radical (unpaired) electrons. The Balaban J connectivity index is 2.59. The van der Waals surface area contributed by atoms with E-state index in [2.05, 4.69) is 4.72 Å². The van der Waals surface area contributed by atoms with E-state index in [0.29, 0.717) is 18.1 Å². The third-order valence-corrected chi connectivity index (χ3v) is 4.60. The molecule has 1 rings (SSSR count). The molecule has 96 valence electrons. The molecule has 0 bridgehead atoms. The molecule has 5 nitrogen and oxygen atoms in total. The molecule has 1 unspecified atom stereocenters. The SMILES string of the molecule is CSC(C)CCNS(=O)(=O)c1ccc(C=O)o1. The molecule has 1 N–H and O–H groups in total. The molecule has 0 aliphatic carbocycles. The minimum absolute atomic E-state index is 0.00265. The highest BCUT2D eigenvalue weighted by Gasteiger charge is 2.18. The summed E-state index contributed by atoms with van der Waals surface area (Å²) in [5.41, 5.74) is 0. The smallest absolute Gasteiger partial charge is 0.273 e. The largest absolute Gasteiger partial charge is 0.440 e. The number of nitrogens with one attached hydrogen (secondary N) is 1. The van der Waals surface area contributed by atoms with Gasteiger partial charge in [0.25, 0.3) is 10.0 Å². The van der Waals surface area contributed by atoms with E-state index in [-0.39, 0.29) is 10.9 Å². The zero-order valence-electron chi connectivity index (χ0n) is 9.67. The molecule has 1 aromatic heterocycles. The van der Waals surface area contributed by atoms with Gasteiger partial charge in [0, 0.05) is 11.8 Å². The van der Waals surface area contributed by atoms with Crippen molar-refractivity contribution in [1.82, 2.24) is 4.72 Å². The van der Waals surface area contributed by atoms with Gasteiger partial charge in [0.2, 0.25) is 5.09 Å². The normalized spacial score (nSPS) is 13.5. The van der Waals surface area contributed by atoms with E-state index in [0.717, 1.165) is 6.42 Å². The van der Waals surface area contributed by atoms with Crippen molar-refractivity contribution in [3.8, 4) is 0 Å². The van der Waals surface area contributed by atoms with Gasteiger partial charge in [0.05, 0.1) is 0 Å². The van der Waals surface area contributed by atoms with Crippen LogP contribution in [0.3, 0.4) is 0 Å². The van der Waals surface area contributed by atoms with Crippen LogP contribution < -0.4 is 4.72 Å². The minimum atomic E-state index is -3.64. The highest BCUT2D eigenvalue weighted by Crippen LogP contribution is 2.13. The van der Waals surface area contributed by atoms with Crippen LogP contribution >= 0.6 is 11.8 Å².